The molecule has 0 nitrogen and oxygen atoms in total. The van der Waals surface area contributed by atoms with Gasteiger partial charge in [0.1, 0.15) is 0 Å². The summed E-state index contributed by atoms with van der Waals surface area (Å²) in [6.07, 6.45) is 9.49. The Labute approximate surface area is 82.8 Å². The molecule has 0 N–H and O–H groups in total. The van der Waals surface area contributed by atoms with Gasteiger partial charge in [0, 0.05) is 0 Å². The molecule has 0 fully saturated rings. The Bertz CT molecular complexity index is 208. The number of rotatable bonds is 2. The van der Waals surface area contributed by atoms with Crippen LogP contribution in [0, 0.1) is 0 Å². The summed E-state index contributed by atoms with van der Waals surface area (Å²) in [5.74, 6) is 0. The normalized spacial score (nSPS) is 20.1. The van der Waals surface area contributed by atoms with Crippen molar-refractivity contribution in [2.24, 2.45) is 0 Å². The van der Waals surface area contributed by atoms with E-state index >= 15 is 0 Å². The molecule has 0 spiro atoms. The zero-order chi connectivity index (χ0) is 9.41. The Kier molecular flexibility index (Phi) is 2.81. The van der Waals surface area contributed by atoms with Gasteiger partial charge in [-0.25, -0.2) is 0 Å². The quantitative estimate of drug-likeness (QED) is 0.645. The van der Waals surface area contributed by atoms with E-state index in [2.05, 4.69) is 54.9 Å². The third-order valence-electron chi connectivity index (χ3n) is 3.11. The predicted octanol–water partition coefficient (Wildman–Crippen LogP) is 3.48. The van der Waals surface area contributed by atoms with E-state index in [0.717, 1.165) is 0 Å². The molecule has 1 aliphatic carbocycles. The van der Waals surface area contributed by atoms with Gasteiger partial charge in [-0.05, 0) is 0 Å². The SMILES string of the molecule is [CH3][Ga]([CH3])[C]1([Si](C)(C)C)C=CC=C1. The van der Waals surface area contributed by atoms with Crippen molar-refractivity contribution >= 4 is 24.3 Å². The van der Waals surface area contributed by atoms with Crippen molar-refractivity contribution in [3.63, 3.8) is 0 Å². The first kappa shape index (κ1) is 10.4. The predicted molar refractivity (Wildman–Crippen MR) is 61.8 cm³/mol. The van der Waals surface area contributed by atoms with Gasteiger partial charge < -0.3 is 0 Å². The molecule has 0 saturated heterocycles. The van der Waals surface area contributed by atoms with E-state index in [0.29, 0.717) is 3.59 Å². The van der Waals surface area contributed by atoms with Gasteiger partial charge in [0.25, 0.3) is 0 Å². The van der Waals surface area contributed by atoms with E-state index in [-0.39, 0.29) is 0 Å². The van der Waals surface area contributed by atoms with Crippen LogP contribution < -0.4 is 0 Å². The number of hydrogen-bond acceptors (Lipinski definition) is 0. The third kappa shape index (κ3) is 1.52. The molecule has 1 aliphatic rings. The van der Waals surface area contributed by atoms with Crippen LogP contribution in [0.5, 0.6) is 0 Å². The van der Waals surface area contributed by atoms with E-state index < -0.39 is 24.3 Å². The number of allylic oxidation sites excluding steroid dienone is 4. The van der Waals surface area contributed by atoms with Gasteiger partial charge in [-0.3, -0.25) is 0 Å². The first-order valence-corrected chi connectivity index (χ1v) is 14.3. The number of hydrogen-bond donors (Lipinski definition) is 0. The van der Waals surface area contributed by atoms with Crippen LogP contribution in [0.1, 0.15) is 0 Å². The van der Waals surface area contributed by atoms with Gasteiger partial charge in [0.15, 0.2) is 0 Å². The van der Waals surface area contributed by atoms with Crippen LogP contribution in [0.15, 0.2) is 24.3 Å². The Morgan fingerprint density at radius 1 is 1.00 bits per heavy atom. The summed E-state index contributed by atoms with van der Waals surface area (Å²) in [5.41, 5.74) is 5.04. The third-order valence-corrected chi connectivity index (χ3v) is 19.3. The van der Waals surface area contributed by atoms with Crippen molar-refractivity contribution in [2.75, 3.05) is 0 Å². The van der Waals surface area contributed by atoms with Crippen molar-refractivity contribution in [1.29, 1.82) is 0 Å². The fourth-order valence-corrected chi connectivity index (χ4v) is 18.1. The Hall–Kier alpha value is 0.333. The average Bonchev–Trinajstić information content (AvgIpc) is 2.31. The average molecular weight is 237 g/mol. The van der Waals surface area contributed by atoms with E-state index in [1.165, 1.54) is 0 Å². The standard InChI is InChI=1S/C8H13Si.2CH3.Ga/c1-9(2,3)8-6-4-5-7-8;;;/h4-7H,1-3H3;2*1H3;. The van der Waals surface area contributed by atoms with E-state index in [1.54, 1.807) is 0 Å². The van der Waals surface area contributed by atoms with Gasteiger partial charge in [0.2, 0.25) is 0 Å². The fourth-order valence-electron chi connectivity index (χ4n) is 2.24. The van der Waals surface area contributed by atoms with Crippen LogP contribution in [0.4, 0.5) is 0 Å². The molecular formula is C10H19GaSi. The van der Waals surface area contributed by atoms with E-state index in [9.17, 15) is 0 Å². The molecule has 0 unspecified atom stereocenters. The van der Waals surface area contributed by atoms with E-state index in [4.69, 9.17) is 0 Å². The van der Waals surface area contributed by atoms with Crippen LogP contribution in [-0.2, 0) is 0 Å². The first-order chi connectivity index (χ1) is 5.40. The zero-order valence-electron chi connectivity index (χ0n) is 8.89. The van der Waals surface area contributed by atoms with Crippen molar-refractivity contribution in [2.45, 2.75) is 34.2 Å². The molecule has 0 bridgehead atoms. The molecule has 12 heavy (non-hydrogen) atoms. The van der Waals surface area contributed by atoms with Crippen molar-refractivity contribution in [3.05, 3.63) is 24.3 Å². The molecule has 0 amide bonds. The van der Waals surface area contributed by atoms with Gasteiger partial charge in [-0.15, -0.1) is 0 Å². The van der Waals surface area contributed by atoms with Gasteiger partial charge in [-0.2, -0.15) is 0 Å². The molecule has 0 heterocycles. The van der Waals surface area contributed by atoms with E-state index in [1.807, 2.05) is 0 Å². The molecule has 2 heteroatoms. The van der Waals surface area contributed by atoms with Gasteiger partial charge in [-0.1, -0.05) is 0 Å². The molecule has 0 aromatic heterocycles. The van der Waals surface area contributed by atoms with Crippen LogP contribution in [-0.4, -0.2) is 24.3 Å². The Morgan fingerprint density at radius 2 is 1.42 bits per heavy atom. The van der Waals surface area contributed by atoms with Crippen LogP contribution in [0.2, 0.25) is 34.2 Å². The Balaban J connectivity index is 3.05. The molecule has 0 aromatic rings. The monoisotopic (exact) mass is 236 g/mol. The van der Waals surface area contributed by atoms with Crippen LogP contribution in [0.3, 0.4) is 0 Å². The van der Waals surface area contributed by atoms with Crippen molar-refractivity contribution in [3.8, 4) is 0 Å². The topological polar surface area (TPSA) is 0 Å². The molecular weight excluding hydrogens is 218 g/mol. The summed E-state index contributed by atoms with van der Waals surface area (Å²) in [5, 5.41) is 0. The summed E-state index contributed by atoms with van der Waals surface area (Å²) < 4.78 is 0.597. The summed E-state index contributed by atoms with van der Waals surface area (Å²) in [7, 11) is -1.03. The molecule has 0 saturated carbocycles. The maximum atomic E-state index is 2.52. The molecule has 0 atom stereocenters. The molecule has 0 aliphatic heterocycles. The maximum absolute atomic E-state index is 2.52. The fraction of sp³-hybridized carbons (Fsp3) is 0.600. The van der Waals surface area contributed by atoms with Gasteiger partial charge in [0.05, 0.1) is 0 Å². The van der Waals surface area contributed by atoms with Crippen molar-refractivity contribution < 1.29 is 0 Å². The molecule has 0 aromatic carbocycles. The molecule has 0 radical (unpaired) electrons. The molecule has 1 rings (SSSR count). The van der Waals surface area contributed by atoms with Crippen molar-refractivity contribution in [1.82, 2.24) is 0 Å². The molecule has 66 valence electrons. The zero-order valence-corrected chi connectivity index (χ0v) is 12.3. The summed E-state index contributed by atoms with van der Waals surface area (Å²) in [6.45, 7) is 7.49. The Morgan fingerprint density at radius 3 is 1.58 bits per heavy atom. The summed E-state index contributed by atoms with van der Waals surface area (Å²) in [4.78, 5) is 0. The minimum absolute atomic E-state index is 0.597. The minimum atomic E-state index is -1.06. The van der Waals surface area contributed by atoms with Crippen LogP contribution in [0.25, 0.3) is 0 Å². The second-order valence-electron chi connectivity index (χ2n) is 5.06. The summed E-state index contributed by atoms with van der Waals surface area (Å²) in [6, 6.07) is 0. The second-order valence-corrected chi connectivity index (χ2v) is 18.5. The second kappa shape index (κ2) is 3.24. The first-order valence-electron chi connectivity index (χ1n) is 4.77. The van der Waals surface area contributed by atoms with Gasteiger partial charge >= 0.3 is 82.8 Å². The van der Waals surface area contributed by atoms with Crippen LogP contribution >= 0.6 is 0 Å². The summed E-state index contributed by atoms with van der Waals surface area (Å²) >= 11 is -1.06.